The molecule has 5 N–H and O–H groups in total. The van der Waals surface area contributed by atoms with Gasteiger partial charge in [0.15, 0.2) is 0 Å². The van der Waals surface area contributed by atoms with Gasteiger partial charge in [-0.2, -0.15) is 0 Å². The van der Waals surface area contributed by atoms with Crippen molar-refractivity contribution < 1.29 is 23.1 Å². The average Bonchev–Trinajstić information content (AvgIpc) is 2.99. The van der Waals surface area contributed by atoms with Crippen molar-refractivity contribution in [3.63, 3.8) is 0 Å². The first-order valence-electron chi connectivity index (χ1n) is 12.8. The Kier molecular flexibility index (Phi) is 27.2. The summed E-state index contributed by atoms with van der Waals surface area (Å²) in [5.41, 5.74) is 10.8. The Labute approximate surface area is 242 Å². The van der Waals surface area contributed by atoms with Crippen molar-refractivity contribution in [3.8, 4) is 11.5 Å². The highest BCUT2D eigenvalue weighted by Gasteiger charge is 1.99. The summed E-state index contributed by atoms with van der Waals surface area (Å²) < 4.78 is 30.8. The van der Waals surface area contributed by atoms with Gasteiger partial charge in [0.2, 0.25) is 6.41 Å². The molecule has 0 unspecified atom stereocenters. The molecule has 8 nitrogen and oxygen atoms in total. The van der Waals surface area contributed by atoms with Gasteiger partial charge >= 0.3 is 0 Å². The van der Waals surface area contributed by atoms with Crippen LogP contribution < -0.4 is 21.5 Å². The Morgan fingerprint density at radius 2 is 1.34 bits per heavy atom. The standard InChI is InChI=1S/C17H20FNO.C7H7F.C4H8N2.C2H5NO.CH3NO/c1-19-13-3-2-4-14-5-9-16(10-6-14)20-17-11-7-15(18)8-12-17;1-6-4-2-3-5-7(6)8;1-5-3-4-6-2;3-1-2-4;2-1-3/h5-12,19H,2-4,13H2,1H3;2-5H,1H3;3-4H,1-2H3;2H,1,3H2;1H,(H2,2,3). The molecule has 0 aliphatic carbocycles. The number of aliphatic imine (C=N–C) groups is 2. The van der Waals surface area contributed by atoms with Gasteiger partial charge in [0.05, 0.1) is 0 Å². The minimum atomic E-state index is -0.255. The number of benzene rings is 3. The van der Waals surface area contributed by atoms with E-state index in [-0.39, 0.29) is 24.6 Å². The molecule has 0 atom stereocenters. The molecule has 0 saturated carbocycles. The quantitative estimate of drug-likeness (QED) is 0.190. The molecule has 41 heavy (non-hydrogen) atoms. The van der Waals surface area contributed by atoms with E-state index < -0.39 is 0 Å². The summed E-state index contributed by atoms with van der Waals surface area (Å²) in [4.78, 5) is 24.9. The predicted molar refractivity (Wildman–Crippen MR) is 165 cm³/mol. The second-order valence-corrected chi connectivity index (χ2v) is 7.86. The zero-order valence-electron chi connectivity index (χ0n) is 24.3. The number of primary amides is 1. The summed E-state index contributed by atoms with van der Waals surface area (Å²) in [7, 11) is 5.39. The molecule has 3 rings (SSSR count). The van der Waals surface area contributed by atoms with Crippen molar-refractivity contribution >= 4 is 25.1 Å². The van der Waals surface area contributed by atoms with Crippen LogP contribution in [-0.4, -0.2) is 59.4 Å². The lowest BCUT2D eigenvalue weighted by atomic mass is 10.1. The number of aryl methyl sites for hydroxylation is 2. The molecule has 0 aromatic heterocycles. The van der Waals surface area contributed by atoms with Crippen LogP contribution in [0.2, 0.25) is 0 Å². The number of nitrogens with one attached hydrogen (secondary N) is 1. The van der Waals surface area contributed by atoms with Crippen molar-refractivity contribution in [2.45, 2.75) is 26.2 Å². The van der Waals surface area contributed by atoms with Gasteiger partial charge in [-0.25, -0.2) is 8.78 Å². The Morgan fingerprint density at radius 1 is 0.854 bits per heavy atom. The molecule has 0 heterocycles. The topological polar surface area (TPSA) is 132 Å². The fourth-order valence-electron chi connectivity index (χ4n) is 2.68. The first kappa shape index (κ1) is 38.9. The third kappa shape index (κ3) is 24.5. The molecule has 0 radical (unpaired) electrons. The van der Waals surface area contributed by atoms with Gasteiger partial charge in [0.25, 0.3) is 0 Å². The molecule has 0 fully saturated rings. The van der Waals surface area contributed by atoms with Crippen LogP contribution >= 0.6 is 0 Å². The number of hydrogen-bond acceptors (Lipinski definition) is 7. The summed E-state index contributed by atoms with van der Waals surface area (Å²) in [6.45, 7) is 2.95. The Balaban J connectivity index is 0. The number of carbonyl (C=O) groups excluding carboxylic acids is 2. The van der Waals surface area contributed by atoms with Gasteiger partial charge in [-0.05, 0) is 93.4 Å². The monoisotopic (exact) mass is 571 g/mol. The molecular formula is C31H43F2N5O3. The van der Waals surface area contributed by atoms with E-state index in [1.54, 1.807) is 57.7 Å². The SMILES string of the molecule is CN=CC=NC.CNCCCCc1ccc(Oc2ccc(F)cc2)cc1.Cc1ccccc1F.NC=O.NCC=O. The van der Waals surface area contributed by atoms with Gasteiger partial charge in [0.1, 0.15) is 29.4 Å². The maximum atomic E-state index is 12.8. The molecule has 10 heteroatoms. The lowest BCUT2D eigenvalue weighted by Crippen LogP contribution is -2.07. The molecule has 0 aliphatic rings. The predicted octanol–water partition coefficient (Wildman–Crippen LogP) is 4.93. The number of hydrogen-bond donors (Lipinski definition) is 3. The molecular weight excluding hydrogens is 528 g/mol. The number of halogens is 2. The lowest BCUT2D eigenvalue weighted by Gasteiger charge is -2.07. The van der Waals surface area contributed by atoms with Crippen LogP contribution in [0.3, 0.4) is 0 Å². The largest absolute Gasteiger partial charge is 0.457 e. The van der Waals surface area contributed by atoms with Crippen molar-refractivity contribution in [2.75, 3.05) is 34.2 Å². The van der Waals surface area contributed by atoms with Gasteiger partial charge < -0.3 is 26.3 Å². The number of unbranched alkanes of at least 4 members (excludes halogenated alkanes) is 1. The number of ether oxygens (including phenoxy) is 1. The highest BCUT2D eigenvalue weighted by molar-refractivity contribution is 6.15. The van der Waals surface area contributed by atoms with E-state index in [1.807, 2.05) is 25.2 Å². The van der Waals surface area contributed by atoms with Crippen molar-refractivity contribution in [3.05, 3.63) is 95.6 Å². The Hall–Kier alpha value is -4.28. The third-order valence-corrected chi connectivity index (χ3v) is 4.65. The van der Waals surface area contributed by atoms with Gasteiger partial charge in [-0.15, -0.1) is 0 Å². The summed E-state index contributed by atoms with van der Waals surface area (Å²) >= 11 is 0. The fourth-order valence-corrected chi connectivity index (χ4v) is 2.68. The second kappa shape index (κ2) is 28.7. The number of nitrogens with zero attached hydrogens (tertiary/aromatic N) is 2. The highest BCUT2D eigenvalue weighted by Crippen LogP contribution is 2.22. The van der Waals surface area contributed by atoms with Gasteiger partial charge in [-0.1, -0.05) is 30.3 Å². The maximum absolute atomic E-state index is 12.8. The number of aldehydes is 1. The zero-order valence-corrected chi connectivity index (χ0v) is 24.3. The molecule has 0 aliphatic heterocycles. The van der Waals surface area contributed by atoms with Crippen LogP contribution in [0.1, 0.15) is 24.0 Å². The summed E-state index contributed by atoms with van der Waals surface area (Å²) in [5.74, 6) is 1.03. The summed E-state index contributed by atoms with van der Waals surface area (Å²) in [6.07, 6.45) is 7.63. The number of rotatable bonds is 9. The molecule has 0 bridgehead atoms. The van der Waals surface area contributed by atoms with Crippen molar-refractivity contribution in [2.24, 2.45) is 21.5 Å². The third-order valence-electron chi connectivity index (χ3n) is 4.65. The van der Waals surface area contributed by atoms with Crippen molar-refractivity contribution in [1.29, 1.82) is 0 Å². The van der Waals surface area contributed by atoms with Crippen LogP contribution in [0.15, 0.2) is 82.8 Å². The number of amides is 1. The minimum Gasteiger partial charge on any atom is -0.457 e. The van der Waals surface area contributed by atoms with Crippen LogP contribution in [0.5, 0.6) is 11.5 Å². The first-order valence-corrected chi connectivity index (χ1v) is 12.8. The van der Waals surface area contributed by atoms with Crippen LogP contribution in [0.25, 0.3) is 0 Å². The Morgan fingerprint density at radius 3 is 1.73 bits per heavy atom. The average molecular weight is 572 g/mol. The zero-order chi connectivity index (χ0) is 31.1. The van der Waals surface area contributed by atoms with E-state index in [0.29, 0.717) is 17.6 Å². The number of carbonyl (C=O) groups is 2. The van der Waals surface area contributed by atoms with E-state index in [4.69, 9.17) is 14.3 Å². The second-order valence-electron chi connectivity index (χ2n) is 7.86. The van der Waals surface area contributed by atoms with Crippen molar-refractivity contribution in [1.82, 2.24) is 5.32 Å². The molecule has 0 spiro atoms. The molecule has 3 aromatic rings. The highest BCUT2D eigenvalue weighted by atomic mass is 19.1. The summed E-state index contributed by atoms with van der Waals surface area (Å²) in [5, 5.41) is 3.15. The van der Waals surface area contributed by atoms with Crippen LogP contribution in [-0.2, 0) is 16.0 Å². The van der Waals surface area contributed by atoms with Gasteiger partial charge in [0, 0.05) is 33.1 Å². The van der Waals surface area contributed by atoms with Crippen LogP contribution in [0, 0.1) is 18.6 Å². The fraction of sp³-hybridized carbons (Fsp3) is 0.290. The molecule has 0 saturated heterocycles. The van der Waals surface area contributed by atoms with E-state index in [2.05, 4.69) is 38.9 Å². The van der Waals surface area contributed by atoms with E-state index in [9.17, 15) is 8.78 Å². The van der Waals surface area contributed by atoms with E-state index >= 15 is 0 Å². The van der Waals surface area contributed by atoms with E-state index in [1.165, 1.54) is 36.6 Å². The van der Waals surface area contributed by atoms with E-state index in [0.717, 1.165) is 18.7 Å². The van der Waals surface area contributed by atoms with Crippen LogP contribution in [0.4, 0.5) is 8.78 Å². The normalized spacial score (nSPS) is 9.54. The lowest BCUT2D eigenvalue weighted by molar-refractivity contribution is -0.107. The van der Waals surface area contributed by atoms with Gasteiger partial charge in [-0.3, -0.25) is 14.8 Å². The molecule has 224 valence electrons. The molecule has 3 aromatic carbocycles. The number of nitrogens with two attached hydrogens (primary N) is 2. The minimum absolute atomic E-state index is 0.132. The maximum Gasteiger partial charge on any atom is 0.204 e. The first-order chi connectivity index (χ1) is 19.8. The smallest absolute Gasteiger partial charge is 0.204 e. The Bertz CT molecular complexity index is 1060. The molecule has 1 amide bonds. The summed E-state index contributed by atoms with van der Waals surface area (Å²) in [6, 6.07) is 20.8.